The van der Waals surface area contributed by atoms with Gasteiger partial charge >= 0.3 is 0 Å². The zero-order chi connectivity index (χ0) is 10.3. The summed E-state index contributed by atoms with van der Waals surface area (Å²) in [6, 6.07) is 0. The van der Waals surface area contributed by atoms with Gasteiger partial charge < -0.3 is 0 Å². The van der Waals surface area contributed by atoms with Crippen LogP contribution in [0.15, 0.2) is 12.4 Å². The number of aryl methyl sites for hydroxylation is 1. The maximum absolute atomic E-state index is 4.38. The second kappa shape index (κ2) is 3.63. The predicted octanol–water partition coefficient (Wildman–Crippen LogP) is 3.75. The molecule has 0 radical (unpaired) electrons. The Kier molecular flexibility index (Phi) is 2.28. The van der Waals surface area contributed by atoms with Gasteiger partial charge in [-0.15, -0.1) is 11.3 Å². The highest BCUT2D eigenvalue weighted by molar-refractivity contribution is 7.17. The molecule has 1 fully saturated rings. The fraction of sp³-hybridized carbons (Fsp3) is 0.583. The van der Waals surface area contributed by atoms with E-state index in [0.717, 1.165) is 10.9 Å². The van der Waals surface area contributed by atoms with Crippen LogP contribution in [0.4, 0.5) is 0 Å². The van der Waals surface area contributed by atoms with E-state index in [1.54, 1.807) is 0 Å². The van der Waals surface area contributed by atoms with Crippen molar-refractivity contribution in [2.75, 3.05) is 0 Å². The molecule has 1 aliphatic rings. The Morgan fingerprint density at radius 3 is 2.93 bits per heavy atom. The van der Waals surface area contributed by atoms with E-state index in [0.29, 0.717) is 0 Å². The summed E-state index contributed by atoms with van der Waals surface area (Å²) in [6.07, 6.45) is 11.0. The van der Waals surface area contributed by atoms with Crippen molar-refractivity contribution in [3.63, 3.8) is 0 Å². The van der Waals surface area contributed by atoms with Gasteiger partial charge in [-0.1, -0.05) is 19.3 Å². The summed E-state index contributed by atoms with van der Waals surface area (Å²) in [4.78, 5) is 7.00. The Labute approximate surface area is 94.0 Å². The average molecular weight is 220 g/mol. The van der Waals surface area contributed by atoms with Gasteiger partial charge in [-0.05, 0) is 19.8 Å². The van der Waals surface area contributed by atoms with E-state index in [1.807, 2.05) is 17.5 Å². The molecule has 80 valence electrons. The van der Waals surface area contributed by atoms with E-state index in [4.69, 9.17) is 0 Å². The molecule has 0 saturated heterocycles. The fourth-order valence-electron chi connectivity index (χ4n) is 2.77. The molecule has 0 atom stereocenters. The topological polar surface area (TPSA) is 17.3 Å². The number of hydrogen-bond donors (Lipinski definition) is 0. The molecule has 0 unspecified atom stereocenters. The van der Waals surface area contributed by atoms with Crippen LogP contribution < -0.4 is 0 Å². The van der Waals surface area contributed by atoms with Crippen LogP contribution in [-0.2, 0) is 0 Å². The van der Waals surface area contributed by atoms with Crippen molar-refractivity contribution in [2.45, 2.75) is 44.9 Å². The highest BCUT2D eigenvalue weighted by Gasteiger charge is 2.21. The van der Waals surface area contributed by atoms with Gasteiger partial charge in [-0.2, -0.15) is 0 Å². The number of imidazole rings is 1. The molecule has 0 aliphatic heterocycles. The molecule has 0 aromatic carbocycles. The van der Waals surface area contributed by atoms with E-state index in [9.17, 15) is 0 Å². The third-order valence-electron chi connectivity index (χ3n) is 3.46. The van der Waals surface area contributed by atoms with Crippen molar-refractivity contribution in [1.82, 2.24) is 9.38 Å². The SMILES string of the molecule is Cc1sc2nccn2c1C1CCCCC1. The predicted molar refractivity (Wildman–Crippen MR) is 63.6 cm³/mol. The molecule has 0 N–H and O–H groups in total. The fourth-order valence-corrected chi connectivity index (χ4v) is 3.78. The zero-order valence-corrected chi connectivity index (χ0v) is 9.89. The number of aromatic nitrogens is 2. The minimum Gasteiger partial charge on any atom is -0.294 e. The number of thiazole rings is 1. The molecular formula is C12H16N2S. The minimum atomic E-state index is 0.779. The molecule has 2 heterocycles. The average Bonchev–Trinajstić information content (AvgIpc) is 2.78. The number of fused-ring (bicyclic) bond motifs is 1. The maximum Gasteiger partial charge on any atom is 0.194 e. The summed E-state index contributed by atoms with van der Waals surface area (Å²) in [7, 11) is 0. The first-order valence-electron chi connectivity index (χ1n) is 5.78. The monoisotopic (exact) mass is 220 g/mol. The van der Waals surface area contributed by atoms with Crippen LogP contribution >= 0.6 is 11.3 Å². The normalized spacial score (nSPS) is 18.7. The Morgan fingerprint density at radius 1 is 1.33 bits per heavy atom. The lowest BCUT2D eigenvalue weighted by molar-refractivity contribution is 0.434. The molecule has 0 bridgehead atoms. The van der Waals surface area contributed by atoms with E-state index in [-0.39, 0.29) is 0 Å². The lowest BCUT2D eigenvalue weighted by atomic mass is 9.86. The van der Waals surface area contributed by atoms with Crippen molar-refractivity contribution in [2.24, 2.45) is 0 Å². The molecule has 0 spiro atoms. The van der Waals surface area contributed by atoms with Crippen LogP contribution in [0.5, 0.6) is 0 Å². The number of hydrogen-bond acceptors (Lipinski definition) is 2. The number of rotatable bonds is 1. The van der Waals surface area contributed by atoms with Crippen molar-refractivity contribution in [3.8, 4) is 0 Å². The van der Waals surface area contributed by atoms with Crippen molar-refractivity contribution in [1.29, 1.82) is 0 Å². The summed E-state index contributed by atoms with van der Waals surface area (Å²) < 4.78 is 2.30. The van der Waals surface area contributed by atoms with E-state index < -0.39 is 0 Å². The van der Waals surface area contributed by atoms with Gasteiger partial charge in [0.05, 0.1) is 0 Å². The second-order valence-electron chi connectivity index (χ2n) is 4.46. The standard InChI is InChI=1S/C12H16N2S/c1-9-11(10-5-3-2-4-6-10)14-8-7-13-12(14)15-9/h7-8,10H,2-6H2,1H3. The molecule has 2 aromatic rings. The lowest BCUT2D eigenvalue weighted by Gasteiger charge is -2.21. The van der Waals surface area contributed by atoms with Gasteiger partial charge in [0.25, 0.3) is 0 Å². The molecule has 2 nitrogen and oxygen atoms in total. The molecular weight excluding hydrogens is 204 g/mol. The van der Waals surface area contributed by atoms with E-state index in [2.05, 4.69) is 22.5 Å². The molecule has 15 heavy (non-hydrogen) atoms. The summed E-state index contributed by atoms with van der Waals surface area (Å²) in [5.41, 5.74) is 1.53. The van der Waals surface area contributed by atoms with Crippen LogP contribution in [0.3, 0.4) is 0 Å². The molecule has 3 heteroatoms. The highest BCUT2D eigenvalue weighted by Crippen LogP contribution is 2.37. The first kappa shape index (κ1) is 9.40. The maximum atomic E-state index is 4.38. The third-order valence-corrected chi connectivity index (χ3v) is 4.46. The van der Waals surface area contributed by atoms with Gasteiger partial charge in [-0.3, -0.25) is 4.40 Å². The van der Waals surface area contributed by atoms with E-state index in [1.165, 1.54) is 42.7 Å². The molecule has 1 saturated carbocycles. The Hall–Kier alpha value is -0.830. The van der Waals surface area contributed by atoms with Crippen LogP contribution in [0.2, 0.25) is 0 Å². The molecule has 1 aliphatic carbocycles. The quantitative estimate of drug-likeness (QED) is 0.715. The highest BCUT2D eigenvalue weighted by atomic mass is 32.1. The van der Waals surface area contributed by atoms with Gasteiger partial charge in [0.2, 0.25) is 0 Å². The molecule has 3 rings (SSSR count). The zero-order valence-electron chi connectivity index (χ0n) is 9.07. The van der Waals surface area contributed by atoms with Crippen LogP contribution in [-0.4, -0.2) is 9.38 Å². The van der Waals surface area contributed by atoms with Gasteiger partial charge in [-0.25, -0.2) is 4.98 Å². The first-order valence-corrected chi connectivity index (χ1v) is 6.60. The summed E-state index contributed by atoms with van der Waals surface area (Å²) in [5, 5.41) is 0. The largest absolute Gasteiger partial charge is 0.294 e. The smallest absolute Gasteiger partial charge is 0.194 e. The van der Waals surface area contributed by atoms with E-state index >= 15 is 0 Å². The third kappa shape index (κ3) is 1.49. The summed E-state index contributed by atoms with van der Waals surface area (Å²) in [5.74, 6) is 0.779. The minimum absolute atomic E-state index is 0.779. The lowest BCUT2D eigenvalue weighted by Crippen LogP contribution is -2.07. The molecule has 2 aromatic heterocycles. The van der Waals surface area contributed by atoms with Crippen molar-refractivity contribution < 1.29 is 0 Å². The van der Waals surface area contributed by atoms with Gasteiger partial charge in [0.1, 0.15) is 0 Å². The van der Waals surface area contributed by atoms with Crippen LogP contribution in [0.1, 0.15) is 48.6 Å². The summed E-state index contributed by atoms with van der Waals surface area (Å²) >= 11 is 1.83. The Bertz CT molecular complexity index is 463. The van der Waals surface area contributed by atoms with Gasteiger partial charge in [0.15, 0.2) is 4.96 Å². The van der Waals surface area contributed by atoms with Crippen molar-refractivity contribution >= 4 is 16.3 Å². The Morgan fingerprint density at radius 2 is 2.13 bits per heavy atom. The number of nitrogens with zero attached hydrogens (tertiary/aromatic N) is 2. The Balaban J connectivity index is 2.07. The summed E-state index contributed by atoms with van der Waals surface area (Å²) in [6.45, 7) is 2.24. The first-order chi connectivity index (χ1) is 7.36. The van der Waals surface area contributed by atoms with Crippen LogP contribution in [0.25, 0.3) is 4.96 Å². The molecule has 0 amide bonds. The van der Waals surface area contributed by atoms with Crippen LogP contribution in [0, 0.1) is 6.92 Å². The second-order valence-corrected chi connectivity index (χ2v) is 5.64. The van der Waals surface area contributed by atoms with Gasteiger partial charge in [0, 0.05) is 28.9 Å². The van der Waals surface area contributed by atoms with Crippen molar-refractivity contribution in [3.05, 3.63) is 23.0 Å².